The molecule has 0 fully saturated rings. The number of esters is 1. The summed E-state index contributed by atoms with van der Waals surface area (Å²) in [5.41, 5.74) is 0. The SMILES string of the molecule is C=CCOC(=O)CSCC(=O)CCCC. The second-order valence-corrected chi connectivity index (χ2v) is 4.09. The quantitative estimate of drug-likeness (QED) is 0.450. The monoisotopic (exact) mass is 230 g/mol. The zero-order valence-electron chi connectivity index (χ0n) is 9.16. The number of Topliss-reactive ketones (excluding diaryl/α,β-unsaturated/α-hetero) is 1. The summed E-state index contributed by atoms with van der Waals surface area (Å²) in [6.45, 7) is 5.72. The van der Waals surface area contributed by atoms with Gasteiger partial charge in [-0.25, -0.2) is 0 Å². The molecule has 0 atom stereocenters. The third-order valence-electron chi connectivity index (χ3n) is 1.65. The van der Waals surface area contributed by atoms with Crippen molar-refractivity contribution in [3.05, 3.63) is 12.7 Å². The molecule has 0 aromatic rings. The van der Waals surface area contributed by atoms with E-state index in [9.17, 15) is 9.59 Å². The third-order valence-corrected chi connectivity index (χ3v) is 2.62. The molecular weight excluding hydrogens is 212 g/mol. The molecule has 0 spiro atoms. The molecule has 0 saturated carbocycles. The largest absolute Gasteiger partial charge is 0.461 e. The van der Waals surface area contributed by atoms with Crippen LogP contribution in [0.15, 0.2) is 12.7 Å². The van der Waals surface area contributed by atoms with Gasteiger partial charge in [0.05, 0.1) is 11.5 Å². The highest BCUT2D eigenvalue weighted by atomic mass is 32.2. The Balaban J connectivity index is 3.39. The number of ketones is 1. The number of thioether (sulfide) groups is 1. The lowest BCUT2D eigenvalue weighted by Gasteiger charge is -2.01. The van der Waals surface area contributed by atoms with E-state index in [1.165, 1.54) is 17.8 Å². The molecule has 15 heavy (non-hydrogen) atoms. The molecule has 4 heteroatoms. The van der Waals surface area contributed by atoms with Gasteiger partial charge >= 0.3 is 5.97 Å². The maximum atomic E-state index is 11.2. The molecular formula is C11H18O3S. The summed E-state index contributed by atoms with van der Waals surface area (Å²) in [7, 11) is 0. The first kappa shape index (κ1) is 14.2. The van der Waals surface area contributed by atoms with Crippen LogP contribution in [0.2, 0.25) is 0 Å². The Kier molecular flexibility index (Phi) is 9.27. The highest BCUT2D eigenvalue weighted by Crippen LogP contribution is 2.05. The highest BCUT2D eigenvalue weighted by molar-refractivity contribution is 8.00. The Hall–Kier alpha value is -0.770. The standard InChI is InChI=1S/C11H18O3S/c1-3-5-6-10(12)8-15-9-11(13)14-7-4-2/h4H,2-3,5-9H2,1H3. The van der Waals surface area contributed by atoms with E-state index in [1.54, 1.807) is 0 Å². The van der Waals surface area contributed by atoms with Crippen molar-refractivity contribution in [2.75, 3.05) is 18.1 Å². The molecule has 3 nitrogen and oxygen atoms in total. The third kappa shape index (κ3) is 9.53. The molecule has 0 N–H and O–H groups in total. The predicted molar refractivity (Wildman–Crippen MR) is 63.0 cm³/mol. The lowest BCUT2D eigenvalue weighted by molar-refractivity contribution is -0.139. The van der Waals surface area contributed by atoms with Crippen molar-refractivity contribution in [1.82, 2.24) is 0 Å². The van der Waals surface area contributed by atoms with Crippen molar-refractivity contribution in [1.29, 1.82) is 0 Å². The Bertz CT molecular complexity index is 214. The summed E-state index contributed by atoms with van der Waals surface area (Å²) in [5, 5.41) is 0. The molecule has 0 aromatic heterocycles. The number of carbonyl (C=O) groups excluding carboxylic acids is 2. The summed E-state index contributed by atoms with van der Waals surface area (Å²) in [6.07, 6.45) is 4.10. The van der Waals surface area contributed by atoms with Crippen LogP contribution in [0, 0.1) is 0 Å². The van der Waals surface area contributed by atoms with Gasteiger partial charge in [0.2, 0.25) is 0 Å². The van der Waals surface area contributed by atoms with Crippen molar-refractivity contribution < 1.29 is 14.3 Å². The van der Waals surface area contributed by atoms with Crippen LogP contribution in [-0.4, -0.2) is 29.9 Å². The van der Waals surface area contributed by atoms with Gasteiger partial charge in [0.15, 0.2) is 0 Å². The normalized spacial score (nSPS) is 9.67. The Morgan fingerprint density at radius 2 is 2.13 bits per heavy atom. The fraction of sp³-hybridized carbons (Fsp3) is 0.636. The Labute approximate surface area is 95.3 Å². The second-order valence-electron chi connectivity index (χ2n) is 3.11. The summed E-state index contributed by atoms with van der Waals surface area (Å²) in [6, 6.07) is 0. The van der Waals surface area contributed by atoms with Crippen LogP contribution in [-0.2, 0) is 14.3 Å². The second kappa shape index (κ2) is 9.77. The summed E-state index contributed by atoms with van der Waals surface area (Å²) < 4.78 is 4.77. The van der Waals surface area contributed by atoms with Gasteiger partial charge in [-0.15, -0.1) is 11.8 Å². The van der Waals surface area contributed by atoms with E-state index in [0.717, 1.165) is 12.8 Å². The van der Waals surface area contributed by atoms with E-state index in [0.29, 0.717) is 12.2 Å². The van der Waals surface area contributed by atoms with Gasteiger partial charge in [0.1, 0.15) is 12.4 Å². The first-order valence-corrected chi connectivity index (χ1v) is 6.22. The maximum Gasteiger partial charge on any atom is 0.316 e. The van der Waals surface area contributed by atoms with Crippen LogP contribution in [0.5, 0.6) is 0 Å². The lowest BCUT2D eigenvalue weighted by atomic mass is 10.2. The van der Waals surface area contributed by atoms with Gasteiger partial charge in [-0.05, 0) is 6.42 Å². The molecule has 0 aliphatic heterocycles. The smallest absolute Gasteiger partial charge is 0.316 e. The van der Waals surface area contributed by atoms with E-state index in [4.69, 9.17) is 4.74 Å². The molecule has 86 valence electrons. The van der Waals surface area contributed by atoms with Crippen LogP contribution in [0.3, 0.4) is 0 Å². The zero-order chi connectivity index (χ0) is 11.5. The average molecular weight is 230 g/mol. The number of hydrogen-bond donors (Lipinski definition) is 0. The summed E-state index contributed by atoms with van der Waals surface area (Å²) in [4.78, 5) is 22.2. The molecule has 0 aliphatic carbocycles. The fourth-order valence-corrected chi connectivity index (χ4v) is 1.61. The van der Waals surface area contributed by atoms with Gasteiger partial charge in [-0.3, -0.25) is 9.59 Å². The molecule has 0 bridgehead atoms. The van der Waals surface area contributed by atoms with Gasteiger partial charge in [-0.1, -0.05) is 26.0 Å². The number of ether oxygens (including phenoxy) is 1. The molecule has 0 unspecified atom stereocenters. The fourth-order valence-electron chi connectivity index (χ4n) is 0.888. The van der Waals surface area contributed by atoms with E-state index in [2.05, 4.69) is 6.58 Å². The van der Waals surface area contributed by atoms with Crippen molar-refractivity contribution in [3.8, 4) is 0 Å². The maximum absolute atomic E-state index is 11.2. The van der Waals surface area contributed by atoms with Crippen LogP contribution < -0.4 is 0 Å². The lowest BCUT2D eigenvalue weighted by Crippen LogP contribution is -2.10. The van der Waals surface area contributed by atoms with Gasteiger partial charge in [0.25, 0.3) is 0 Å². The van der Waals surface area contributed by atoms with Crippen LogP contribution >= 0.6 is 11.8 Å². The zero-order valence-corrected chi connectivity index (χ0v) is 9.98. The summed E-state index contributed by atoms with van der Waals surface area (Å²) in [5.74, 6) is 0.566. The summed E-state index contributed by atoms with van der Waals surface area (Å²) >= 11 is 1.31. The Morgan fingerprint density at radius 1 is 1.40 bits per heavy atom. The van der Waals surface area contributed by atoms with Gasteiger partial charge in [0, 0.05) is 6.42 Å². The first-order chi connectivity index (χ1) is 7.20. The molecule has 0 aliphatic rings. The van der Waals surface area contributed by atoms with Crippen molar-refractivity contribution in [2.24, 2.45) is 0 Å². The minimum Gasteiger partial charge on any atom is -0.461 e. The molecule has 0 rings (SSSR count). The molecule has 0 amide bonds. The predicted octanol–water partition coefficient (Wildman–Crippen LogP) is 2.21. The van der Waals surface area contributed by atoms with Crippen LogP contribution in [0.4, 0.5) is 0 Å². The van der Waals surface area contributed by atoms with E-state index in [-0.39, 0.29) is 24.1 Å². The molecule has 0 heterocycles. The van der Waals surface area contributed by atoms with Crippen LogP contribution in [0.1, 0.15) is 26.2 Å². The highest BCUT2D eigenvalue weighted by Gasteiger charge is 2.05. The Morgan fingerprint density at radius 3 is 2.73 bits per heavy atom. The minimum atomic E-state index is -0.289. The van der Waals surface area contributed by atoms with Crippen molar-refractivity contribution in [2.45, 2.75) is 26.2 Å². The van der Waals surface area contributed by atoms with Crippen molar-refractivity contribution >= 4 is 23.5 Å². The number of rotatable bonds is 9. The average Bonchev–Trinajstić information content (AvgIpc) is 2.23. The molecule has 0 radical (unpaired) electrons. The van der Waals surface area contributed by atoms with Gasteiger partial charge in [-0.2, -0.15) is 0 Å². The topological polar surface area (TPSA) is 43.4 Å². The van der Waals surface area contributed by atoms with E-state index < -0.39 is 0 Å². The molecule has 0 aromatic carbocycles. The number of hydrogen-bond acceptors (Lipinski definition) is 4. The van der Waals surface area contributed by atoms with Gasteiger partial charge < -0.3 is 4.74 Å². The number of unbranched alkanes of at least 4 members (excludes halogenated alkanes) is 1. The minimum absolute atomic E-state index is 0.207. The van der Waals surface area contributed by atoms with Crippen LogP contribution in [0.25, 0.3) is 0 Å². The molecule has 0 saturated heterocycles. The first-order valence-electron chi connectivity index (χ1n) is 5.06. The van der Waals surface area contributed by atoms with E-state index in [1.807, 2.05) is 6.92 Å². The number of carbonyl (C=O) groups is 2. The van der Waals surface area contributed by atoms with E-state index >= 15 is 0 Å². The van der Waals surface area contributed by atoms with Crippen molar-refractivity contribution in [3.63, 3.8) is 0 Å².